The molecule has 1 saturated carbocycles. The standard InChI is InChI=1S/C12H24N2O/c13-11-4-1-5-12(11)14-7-2-3-10(9-14)6-8-15/h10-12,15H,1-9,13H2. The molecular formula is C12H24N2O. The van der Waals surface area contributed by atoms with Crippen LogP contribution in [0.4, 0.5) is 0 Å². The molecule has 0 amide bonds. The van der Waals surface area contributed by atoms with Crippen LogP contribution in [-0.4, -0.2) is 41.8 Å². The number of hydrogen-bond donors (Lipinski definition) is 2. The molecule has 2 aliphatic rings. The van der Waals surface area contributed by atoms with Crippen LogP contribution in [0.1, 0.15) is 38.5 Å². The summed E-state index contributed by atoms with van der Waals surface area (Å²) in [5, 5.41) is 8.98. The van der Waals surface area contributed by atoms with Gasteiger partial charge in [0.1, 0.15) is 0 Å². The van der Waals surface area contributed by atoms with Crippen molar-refractivity contribution < 1.29 is 5.11 Å². The minimum absolute atomic E-state index is 0.342. The maximum atomic E-state index is 8.98. The molecule has 3 N–H and O–H groups in total. The van der Waals surface area contributed by atoms with Crippen molar-refractivity contribution in [2.45, 2.75) is 50.6 Å². The molecule has 2 fully saturated rings. The van der Waals surface area contributed by atoms with Crippen LogP contribution in [-0.2, 0) is 0 Å². The van der Waals surface area contributed by atoms with Crippen molar-refractivity contribution in [1.29, 1.82) is 0 Å². The highest BCUT2D eigenvalue weighted by molar-refractivity contribution is 4.90. The lowest BCUT2D eigenvalue weighted by Crippen LogP contribution is -2.48. The number of likely N-dealkylation sites (tertiary alicyclic amines) is 1. The average molecular weight is 212 g/mol. The summed E-state index contributed by atoms with van der Waals surface area (Å²) in [4.78, 5) is 2.58. The predicted molar refractivity (Wildman–Crippen MR) is 61.6 cm³/mol. The van der Waals surface area contributed by atoms with Gasteiger partial charge >= 0.3 is 0 Å². The van der Waals surface area contributed by atoms with Crippen LogP contribution in [0.2, 0.25) is 0 Å². The first kappa shape index (κ1) is 11.4. The van der Waals surface area contributed by atoms with Crippen LogP contribution in [0.25, 0.3) is 0 Å². The smallest absolute Gasteiger partial charge is 0.0434 e. The van der Waals surface area contributed by atoms with E-state index in [9.17, 15) is 0 Å². The normalized spacial score (nSPS) is 38.4. The zero-order valence-corrected chi connectivity index (χ0v) is 9.57. The Kier molecular flexibility index (Phi) is 4.00. The van der Waals surface area contributed by atoms with E-state index in [-0.39, 0.29) is 0 Å². The van der Waals surface area contributed by atoms with Crippen molar-refractivity contribution >= 4 is 0 Å². The van der Waals surface area contributed by atoms with Gasteiger partial charge in [-0.3, -0.25) is 4.90 Å². The maximum Gasteiger partial charge on any atom is 0.0434 e. The molecule has 1 heterocycles. The van der Waals surface area contributed by atoms with E-state index in [2.05, 4.69) is 4.90 Å². The summed E-state index contributed by atoms with van der Waals surface area (Å²) in [6.45, 7) is 2.73. The van der Waals surface area contributed by atoms with Gasteiger partial charge in [-0.25, -0.2) is 0 Å². The Labute approximate surface area is 92.6 Å². The second-order valence-corrected chi connectivity index (χ2v) is 5.18. The molecule has 0 spiro atoms. The Morgan fingerprint density at radius 1 is 1.20 bits per heavy atom. The molecule has 0 aromatic heterocycles. The van der Waals surface area contributed by atoms with E-state index >= 15 is 0 Å². The van der Waals surface area contributed by atoms with E-state index in [0.29, 0.717) is 24.6 Å². The predicted octanol–water partition coefficient (Wildman–Crippen LogP) is 0.961. The molecule has 2 rings (SSSR count). The largest absolute Gasteiger partial charge is 0.396 e. The lowest BCUT2D eigenvalue weighted by Gasteiger charge is -2.38. The number of nitrogens with zero attached hydrogens (tertiary/aromatic N) is 1. The van der Waals surface area contributed by atoms with Gasteiger partial charge < -0.3 is 10.8 Å². The van der Waals surface area contributed by atoms with E-state index in [4.69, 9.17) is 10.8 Å². The van der Waals surface area contributed by atoms with Gasteiger partial charge in [0.05, 0.1) is 0 Å². The van der Waals surface area contributed by atoms with Crippen LogP contribution < -0.4 is 5.73 Å². The van der Waals surface area contributed by atoms with Crippen molar-refractivity contribution in [2.75, 3.05) is 19.7 Å². The molecule has 3 atom stereocenters. The van der Waals surface area contributed by atoms with Crippen molar-refractivity contribution in [3.8, 4) is 0 Å². The Morgan fingerprint density at radius 3 is 2.73 bits per heavy atom. The van der Waals surface area contributed by atoms with E-state index < -0.39 is 0 Å². The molecule has 3 unspecified atom stereocenters. The molecule has 0 radical (unpaired) electrons. The first-order valence-electron chi connectivity index (χ1n) is 6.41. The highest BCUT2D eigenvalue weighted by Gasteiger charge is 2.32. The number of aliphatic hydroxyl groups is 1. The Hall–Kier alpha value is -0.120. The fourth-order valence-corrected chi connectivity index (χ4v) is 3.24. The summed E-state index contributed by atoms with van der Waals surface area (Å²) in [7, 11) is 0. The topological polar surface area (TPSA) is 49.5 Å². The minimum Gasteiger partial charge on any atom is -0.396 e. The molecular weight excluding hydrogens is 188 g/mol. The third-order valence-electron chi connectivity index (χ3n) is 4.09. The first-order valence-corrected chi connectivity index (χ1v) is 6.41. The monoisotopic (exact) mass is 212 g/mol. The molecule has 15 heavy (non-hydrogen) atoms. The molecule has 88 valence electrons. The van der Waals surface area contributed by atoms with Gasteiger partial charge in [-0.2, -0.15) is 0 Å². The molecule has 0 aromatic carbocycles. The maximum absolute atomic E-state index is 8.98. The quantitative estimate of drug-likeness (QED) is 0.732. The number of rotatable bonds is 3. The van der Waals surface area contributed by atoms with Gasteiger partial charge in [-0.1, -0.05) is 6.42 Å². The second kappa shape index (κ2) is 5.28. The highest BCUT2D eigenvalue weighted by Crippen LogP contribution is 2.28. The van der Waals surface area contributed by atoms with Crippen molar-refractivity contribution in [3.05, 3.63) is 0 Å². The summed E-state index contributed by atoms with van der Waals surface area (Å²) in [6, 6.07) is 1.03. The molecule has 0 bridgehead atoms. The molecule has 3 nitrogen and oxygen atoms in total. The summed E-state index contributed by atoms with van der Waals surface area (Å²) in [6.07, 6.45) is 7.33. The fourth-order valence-electron chi connectivity index (χ4n) is 3.24. The Bertz CT molecular complexity index is 196. The van der Waals surface area contributed by atoms with Crippen LogP contribution >= 0.6 is 0 Å². The van der Waals surface area contributed by atoms with Crippen molar-refractivity contribution in [3.63, 3.8) is 0 Å². The lowest BCUT2D eigenvalue weighted by atomic mass is 9.93. The first-order chi connectivity index (χ1) is 7.31. The third kappa shape index (κ3) is 2.71. The van der Waals surface area contributed by atoms with Gasteiger partial charge in [0.2, 0.25) is 0 Å². The van der Waals surface area contributed by atoms with Gasteiger partial charge in [0.25, 0.3) is 0 Å². The summed E-state index contributed by atoms with van der Waals surface area (Å²) in [5.74, 6) is 0.705. The molecule has 1 saturated heterocycles. The van der Waals surface area contributed by atoms with E-state index in [1.165, 1.54) is 45.2 Å². The summed E-state index contributed by atoms with van der Waals surface area (Å²) < 4.78 is 0. The van der Waals surface area contributed by atoms with Crippen LogP contribution in [0.5, 0.6) is 0 Å². The van der Waals surface area contributed by atoms with Crippen LogP contribution in [0.15, 0.2) is 0 Å². The van der Waals surface area contributed by atoms with Gasteiger partial charge in [-0.15, -0.1) is 0 Å². The van der Waals surface area contributed by atoms with Gasteiger partial charge in [-0.05, 0) is 44.6 Å². The minimum atomic E-state index is 0.342. The Morgan fingerprint density at radius 2 is 2.07 bits per heavy atom. The van der Waals surface area contributed by atoms with E-state index in [0.717, 1.165) is 6.42 Å². The average Bonchev–Trinajstić information content (AvgIpc) is 2.65. The fraction of sp³-hybridized carbons (Fsp3) is 1.00. The number of hydrogen-bond acceptors (Lipinski definition) is 3. The number of piperidine rings is 1. The molecule has 3 heteroatoms. The zero-order chi connectivity index (χ0) is 10.7. The van der Waals surface area contributed by atoms with Crippen molar-refractivity contribution in [2.24, 2.45) is 11.7 Å². The lowest BCUT2D eigenvalue weighted by molar-refractivity contribution is 0.102. The van der Waals surface area contributed by atoms with Crippen LogP contribution in [0, 0.1) is 5.92 Å². The van der Waals surface area contributed by atoms with Gasteiger partial charge in [0, 0.05) is 25.2 Å². The molecule has 1 aliphatic carbocycles. The zero-order valence-electron chi connectivity index (χ0n) is 9.57. The van der Waals surface area contributed by atoms with Gasteiger partial charge in [0.15, 0.2) is 0 Å². The van der Waals surface area contributed by atoms with Crippen molar-refractivity contribution in [1.82, 2.24) is 4.90 Å². The van der Waals surface area contributed by atoms with E-state index in [1.807, 2.05) is 0 Å². The molecule has 0 aromatic rings. The Balaban J connectivity index is 1.86. The van der Waals surface area contributed by atoms with E-state index in [1.54, 1.807) is 0 Å². The number of aliphatic hydroxyl groups excluding tert-OH is 1. The molecule has 1 aliphatic heterocycles. The highest BCUT2D eigenvalue weighted by atomic mass is 16.3. The summed E-state index contributed by atoms with van der Waals surface area (Å²) in [5.41, 5.74) is 6.14. The second-order valence-electron chi connectivity index (χ2n) is 5.18. The third-order valence-corrected chi connectivity index (χ3v) is 4.09. The summed E-state index contributed by atoms with van der Waals surface area (Å²) >= 11 is 0. The number of nitrogens with two attached hydrogens (primary N) is 1. The van der Waals surface area contributed by atoms with Crippen LogP contribution in [0.3, 0.4) is 0 Å². The SMILES string of the molecule is NC1CCCC1N1CCCC(CCO)C1.